The molecule has 3 N–H and O–H groups in total. The number of nitrogens with two attached hydrogens (primary N) is 1. The summed E-state index contributed by atoms with van der Waals surface area (Å²) in [5.74, 6) is 0. The van der Waals surface area contributed by atoms with Gasteiger partial charge >= 0.3 is 0 Å². The number of nitrogens with zero attached hydrogens (tertiary/aromatic N) is 1. The summed E-state index contributed by atoms with van der Waals surface area (Å²) in [6.07, 6.45) is 7.70. The summed E-state index contributed by atoms with van der Waals surface area (Å²) in [5, 5.41) is 2.44. The minimum Gasteiger partial charge on any atom is -0.329 e. The van der Waals surface area contributed by atoms with Crippen LogP contribution in [-0.4, -0.2) is 30.2 Å². The molecule has 0 radical (unpaired) electrons. The van der Waals surface area contributed by atoms with Crippen molar-refractivity contribution in [3.05, 3.63) is 0 Å². The summed E-state index contributed by atoms with van der Waals surface area (Å²) >= 11 is 0. The fraction of sp³-hybridized carbons (Fsp3) is 1.00. The van der Waals surface area contributed by atoms with Crippen molar-refractivity contribution < 1.29 is 0 Å². The molecule has 1 aliphatic heterocycles. The Kier molecular flexibility index (Phi) is 4.29. The van der Waals surface area contributed by atoms with Gasteiger partial charge in [0.25, 0.3) is 0 Å². The van der Waals surface area contributed by atoms with Crippen molar-refractivity contribution in [1.29, 1.82) is 0 Å². The molecule has 3 nitrogen and oxygen atoms in total. The molecule has 0 aromatic rings. The summed E-state index contributed by atoms with van der Waals surface area (Å²) < 4.78 is 0. The number of piperidine rings is 1. The van der Waals surface area contributed by atoms with Crippen LogP contribution >= 0.6 is 0 Å². The highest BCUT2D eigenvalue weighted by atomic mass is 15.5. The third-order valence-corrected chi connectivity index (χ3v) is 4.73. The largest absolute Gasteiger partial charge is 0.329 e. The highest BCUT2D eigenvalue weighted by molar-refractivity contribution is 5.02. The molecule has 1 heterocycles. The lowest BCUT2D eigenvalue weighted by Gasteiger charge is -2.53. The average Bonchev–Trinajstić information content (AvgIpc) is 2.26. The van der Waals surface area contributed by atoms with E-state index in [1.165, 1.54) is 51.6 Å². The highest BCUT2D eigenvalue weighted by Crippen LogP contribution is 2.49. The molecule has 0 bridgehead atoms. The van der Waals surface area contributed by atoms with E-state index in [2.05, 4.69) is 38.1 Å². The van der Waals surface area contributed by atoms with Gasteiger partial charge in [-0.2, -0.15) is 0 Å². The quantitative estimate of drug-likeness (QED) is 0.826. The fourth-order valence-electron chi connectivity index (χ4n) is 4.93. The molecule has 0 atom stereocenters. The van der Waals surface area contributed by atoms with Crippen LogP contribution in [0.4, 0.5) is 0 Å². The second-order valence-corrected chi connectivity index (χ2v) is 8.50. The third kappa shape index (κ3) is 3.93. The first kappa shape index (κ1) is 15.3. The monoisotopic (exact) mass is 267 g/mol. The van der Waals surface area contributed by atoms with Gasteiger partial charge in [0.15, 0.2) is 0 Å². The van der Waals surface area contributed by atoms with Gasteiger partial charge in [-0.25, -0.2) is 10.4 Å². The lowest BCUT2D eigenvalue weighted by atomic mass is 9.58. The molecule has 0 aromatic carbocycles. The molecule has 2 rings (SSSR count). The Morgan fingerprint density at radius 3 is 1.89 bits per heavy atom. The van der Waals surface area contributed by atoms with Crippen molar-refractivity contribution in [2.75, 3.05) is 19.6 Å². The van der Waals surface area contributed by atoms with Gasteiger partial charge in [-0.05, 0) is 42.9 Å². The van der Waals surface area contributed by atoms with Crippen molar-refractivity contribution in [1.82, 2.24) is 10.4 Å². The van der Waals surface area contributed by atoms with Gasteiger partial charge in [-0.15, -0.1) is 0 Å². The van der Waals surface area contributed by atoms with Crippen LogP contribution in [0.5, 0.6) is 0 Å². The fourth-order valence-corrected chi connectivity index (χ4v) is 4.93. The van der Waals surface area contributed by atoms with E-state index in [-0.39, 0.29) is 5.54 Å². The smallest absolute Gasteiger partial charge is 0.0458 e. The molecule has 112 valence electrons. The van der Waals surface area contributed by atoms with Crippen molar-refractivity contribution in [3.63, 3.8) is 0 Å². The Morgan fingerprint density at radius 1 is 0.895 bits per heavy atom. The first-order chi connectivity index (χ1) is 8.76. The van der Waals surface area contributed by atoms with Crippen molar-refractivity contribution in [3.8, 4) is 0 Å². The van der Waals surface area contributed by atoms with Gasteiger partial charge in [-0.1, -0.05) is 34.1 Å². The zero-order valence-electron chi connectivity index (χ0n) is 13.4. The average molecular weight is 267 g/mol. The number of hydrogen-bond acceptors (Lipinski definition) is 3. The van der Waals surface area contributed by atoms with Gasteiger partial charge in [0.05, 0.1) is 0 Å². The molecule has 1 aliphatic carbocycles. The Hall–Kier alpha value is -0.120. The molecule has 1 saturated carbocycles. The van der Waals surface area contributed by atoms with Gasteiger partial charge < -0.3 is 5.73 Å². The van der Waals surface area contributed by atoms with Crippen LogP contribution in [0.3, 0.4) is 0 Å². The SMILES string of the molecule is CC1(C)CC(C)(C)CC(CN)(NN2CCCCC2)C1. The van der Waals surface area contributed by atoms with Crippen LogP contribution < -0.4 is 11.2 Å². The Labute approximate surface area is 119 Å². The number of rotatable bonds is 3. The zero-order chi connectivity index (χ0) is 14.1. The molecular formula is C16H33N3. The molecule has 0 aromatic heterocycles. The summed E-state index contributed by atoms with van der Waals surface area (Å²) in [7, 11) is 0. The normalized spacial score (nSPS) is 30.2. The van der Waals surface area contributed by atoms with E-state index in [0.29, 0.717) is 10.8 Å². The lowest BCUT2D eigenvalue weighted by Crippen LogP contribution is -2.64. The van der Waals surface area contributed by atoms with Gasteiger partial charge in [0.2, 0.25) is 0 Å². The molecule has 0 spiro atoms. The maximum atomic E-state index is 6.21. The van der Waals surface area contributed by atoms with Crippen LogP contribution in [-0.2, 0) is 0 Å². The second-order valence-electron chi connectivity index (χ2n) is 8.50. The first-order valence-electron chi connectivity index (χ1n) is 7.99. The Morgan fingerprint density at radius 2 is 1.42 bits per heavy atom. The topological polar surface area (TPSA) is 41.3 Å². The molecule has 0 amide bonds. The van der Waals surface area contributed by atoms with Crippen LogP contribution in [0, 0.1) is 10.8 Å². The van der Waals surface area contributed by atoms with Crippen LogP contribution in [0.1, 0.15) is 66.2 Å². The highest BCUT2D eigenvalue weighted by Gasteiger charge is 2.47. The molecule has 3 heteroatoms. The van der Waals surface area contributed by atoms with Crippen molar-refractivity contribution >= 4 is 0 Å². The van der Waals surface area contributed by atoms with Crippen LogP contribution in [0.2, 0.25) is 0 Å². The van der Waals surface area contributed by atoms with E-state index < -0.39 is 0 Å². The summed E-state index contributed by atoms with van der Waals surface area (Å²) in [5.41, 5.74) is 10.9. The number of nitrogens with one attached hydrogen (secondary N) is 1. The van der Waals surface area contributed by atoms with Crippen LogP contribution in [0.25, 0.3) is 0 Å². The lowest BCUT2D eigenvalue weighted by molar-refractivity contribution is -0.0205. The summed E-state index contributed by atoms with van der Waals surface area (Å²) in [4.78, 5) is 0. The summed E-state index contributed by atoms with van der Waals surface area (Å²) in [6, 6.07) is 0. The standard InChI is InChI=1S/C16H33N3/c1-14(2)10-15(3,4)12-16(11-14,13-17)18-19-8-6-5-7-9-19/h18H,5-13,17H2,1-4H3. The van der Waals surface area contributed by atoms with E-state index in [4.69, 9.17) is 5.73 Å². The van der Waals surface area contributed by atoms with Crippen molar-refractivity contribution in [2.45, 2.75) is 71.8 Å². The maximum absolute atomic E-state index is 6.21. The minimum absolute atomic E-state index is 0.0998. The maximum Gasteiger partial charge on any atom is 0.0458 e. The minimum atomic E-state index is 0.0998. The number of hydrazine groups is 1. The van der Waals surface area contributed by atoms with E-state index >= 15 is 0 Å². The second kappa shape index (κ2) is 5.34. The van der Waals surface area contributed by atoms with E-state index in [0.717, 1.165) is 6.54 Å². The summed E-state index contributed by atoms with van der Waals surface area (Å²) in [6.45, 7) is 12.7. The van der Waals surface area contributed by atoms with E-state index in [9.17, 15) is 0 Å². The predicted molar refractivity (Wildman–Crippen MR) is 81.8 cm³/mol. The predicted octanol–water partition coefficient (Wildman–Crippen LogP) is 2.91. The molecule has 1 saturated heterocycles. The first-order valence-corrected chi connectivity index (χ1v) is 7.99. The molecule has 2 fully saturated rings. The molecule has 0 unspecified atom stereocenters. The van der Waals surface area contributed by atoms with Crippen LogP contribution in [0.15, 0.2) is 0 Å². The van der Waals surface area contributed by atoms with Gasteiger partial charge in [0.1, 0.15) is 0 Å². The van der Waals surface area contributed by atoms with Crippen molar-refractivity contribution in [2.24, 2.45) is 16.6 Å². The van der Waals surface area contributed by atoms with Gasteiger partial charge in [0, 0.05) is 25.2 Å². The van der Waals surface area contributed by atoms with E-state index in [1.54, 1.807) is 0 Å². The Balaban J connectivity index is 2.11. The van der Waals surface area contributed by atoms with Gasteiger partial charge in [-0.3, -0.25) is 0 Å². The molecular weight excluding hydrogens is 234 g/mol. The Bertz CT molecular complexity index is 287. The van der Waals surface area contributed by atoms with E-state index in [1.807, 2.05) is 0 Å². The zero-order valence-corrected chi connectivity index (χ0v) is 13.4. The number of hydrogen-bond donors (Lipinski definition) is 2. The molecule has 2 aliphatic rings. The third-order valence-electron chi connectivity index (χ3n) is 4.73. The molecule has 19 heavy (non-hydrogen) atoms.